The molecule has 20 heavy (non-hydrogen) atoms. The molecule has 0 aromatic heterocycles. The van der Waals surface area contributed by atoms with Crippen LogP contribution in [0.3, 0.4) is 0 Å². The predicted octanol–water partition coefficient (Wildman–Crippen LogP) is 3.31. The van der Waals surface area contributed by atoms with Gasteiger partial charge in [0.1, 0.15) is 5.82 Å². The first-order chi connectivity index (χ1) is 9.49. The molecule has 0 spiro atoms. The highest BCUT2D eigenvalue weighted by Gasteiger charge is 2.35. The van der Waals surface area contributed by atoms with E-state index in [1.807, 2.05) is 0 Å². The minimum absolute atomic E-state index is 0.0982. The number of rotatable bonds is 3. The zero-order valence-corrected chi connectivity index (χ0v) is 11.5. The number of nitrogens with one attached hydrogen (secondary N) is 1. The predicted molar refractivity (Wildman–Crippen MR) is 73.1 cm³/mol. The minimum Gasteiger partial charge on any atom is -0.481 e. The Morgan fingerprint density at radius 3 is 2.50 bits per heavy atom. The van der Waals surface area contributed by atoms with Gasteiger partial charge in [-0.3, -0.25) is 9.59 Å². The Hall–Kier alpha value is -1.62. The fourth-order valence-corrected chi connectivity index (χ4v) is 2.77. The van der Waals surface area contributed by atoms with Gasteiger partial charge in [0, 0.05) is 0 Å². The monoisotopic (exact) mass is 299 g/mol. The Kier molecular flexibility index (Phi) is 4.60. The van der Waals surface area contributed by atoms with Crippen molar-refractivity contribution in [2.45, 2.75) is 25.7 Å². The van der Waals surface area contributed by atoms with E-state index in [0.717, 1.165) is 18.9 Å². The molecule has 0 bridgehead atoms. The van der Waals surface area contributed by atoms with Crippen molar-refractivity contribution in [1.29, 1.82) is 0 Å². The number of carbonyl (C=O) groups is 2. The van der Waals surface area contributed by atoms with Gasteiger partial charge in [0.15, 0.2) is 0 Å². The molecule has 0 heterocycles. The first-order valence-corrected chi connectivity index (χ1v) is 6.85. The molecule has 1 fully saturated rings. The first-order valence-electron chi connectivity index (χ1n) is 6.48. The van der Waals surface area contributed by atoms with Crippen molar-refractivity contribution in [3.63, 3.8) is 0 Å². The van der Waals surface area contributed by atoms with E-state index >= 15 is 0 Å². The number of hydrogen-bond donors (Lipinski definition) is 2. The van der Waals surface area contributed by atoms with Gasteiger partial charge in [-0.2, -0.15) is 0 Å². The molecule has 1 aromatic carbocycles. The van der Waals surface area contributed by atoms with E-state index < -0.39 is 23.6 Å². The van der Waals surface area contributed by atoms with Crippen LogP contribution in [-0.2, 0) is 9.59 Å². The van der Waals surface area contributed by atoms with E-state index in [2.05, 4.69) is 5.32 Å². The zero-order chi connectivity index (χ0) is 14.7. The summed E-state index contributed by atoms with van der Waals surface area (Å²) in [6, 6.07) is 3.66. The van der Waals surface area contributed by atoms with Crippen molar-refractivity contribution < 1.29 is 19.1 Å². The van der Waals surface area contributed by atoms with Gasteiger partial charge in [-0.1, -0.05) is 24.4 Å². The summed E-state index contributed by atoms with van der Waals surface area (Å²) in [5, 5.41) is 11.8. The molecule has 2 atom stereocenters. The summed E-state index contributed by atoms with van der Waals surface area (Å²) in [4.78, 5) is 23.4. The van der Waals surface area contributed by atoms with Gasteiger partial charge in [-0.25, -0.2) is 4.39 Å². The molecule has 1 aliphatic carbocycles. The molecule has 1 saturated carbocycles. The van der Waals surface area contributed by atoms with E-state index in [4.69, 9.17) is 16.7 Å². The normalized spacial score (nSPS) is 22.3. The van der Waals surface area contributed by atoms with Gasteiger partial charge < -0.3 is 10.4 Å². The number of aliphatic carboxylic acids is 1. The lowest BCUT2D eigenvalue weighted by molar-refractivity contribution is -0.147. The average molecular weight is 300 g/mol. The topological polar surface area (TPSA) is 66.4 Å². The van der Waals surface area contributed by atoms with Crippen molar-refractivity contribution in [3.05, 3.63) is 29.0 Å². The van der Waals surface area contributed by atoms with Crippen molar-refractivity contribution in [1.82, 2.24) is 0 Å². The van der Waals surface area contributed by atoms with Crippen molar-refractivity contribution >= 4 is 29.2 Å². The van der Waals surface area contributed by atoms with Crippen LogP contribution < -0.4 is 5.32 Å². The number of amides is 1. The summed E-state index contributed by atoms with van der Waals surface area (Å²) in [6.07, 6.45) is 2.70. The maximum atomic E-state index is 12.9. The third kappa shape index (κ3) is 3.28. The minimum atomic E-state index is -0.949. The van der Waals surface area contributed by atoms with Gasteiger partial charge in [-0.15, -0.1) is 0 Å². The molecule has 2 rings (SSSR count). The van der Waals surface area contributed by atoms with Crippen LogP contribution in [0.4, 0.5) is 10.1 Å². The lowest BCUT2D eigenvalue weighted by Crippen LogP contribution is -2.36. The SMILES string of the molecule is O=C(O)[C@H]1CCCC[C@H]1C(=O)Nc1ccc(F)cc1Cl. The van der Waals surface area contributed by atoms with Crippen LogP contribution in [-0.4, -0.2) is 17.0 Å². The standard InChI is InChI=1S/C14H15ClFNO3/c15-11-7-8(16)5-6-12(11)17-13(18)9-3-1-2-4-10(9)14(19)20/h5-7,9-10H,1-4H2,(H,17,18)(H,19,20)/t9-,10+/m1/s1. The largest absolute Gasteiger partial charge is 0.481 e. The summed E-state index contributed by atoms with van der Waals surface area (Å²) in [5.74, 6) is -3.04. The van der Waals surface area contributed by atoms with Crippen LogP contribution in [0, 0.1) is 17.7 Å². The summed E-state index contributed by atoms with van der Waals surface area (Å²) >= 11 is 5.84. The van der Waals surface area contributed by atoms with Crippen molar-refractivity contribution in [2.24, 2.45) is 11.8 Å². The molecular weight excluding hydrogens is 285 g/mol. The Morgan fingerprint density at radius 2 is 1.90 bits per heavy atom. The molecule has 2 N–H and O–H groups in total. The molecule has 0 aliphatic heterocycles. The first kappa shape index (κ1) is 14.8. The van der Waals surface area contributed by atoms with Crippen LogP contribution in [0.2, 0.25) is 5.02 Å². The Labute approximate surface area is 120 Å². The smallest absolute Gasteiger partial charge is 0.307 e. The third-order valence-corrected chi connectivity index (χ3v) is 3.92. The number of halogens is 2. The number of carboxylic acids is 1. The highest BCUT2D eigenvalue weighted by atomic mass is 35.5. The maximum Gasteiger partial charge on any atom is 0.307 e. The van der Waals surface area contributed by atoms with Crippen molar-refractivity contribution in [3.8, 4) is 0 Å². The molecule has 1 aromatic rings. The molecule has 0 saturated heterocycles. The molecule has 1 aliphatic rings. The van der Waals surface area contributed by atoms with E-state index in [9.17, 15) is 14.0 Å². The molecule has 4 nitrogen and oxygen atoms in total. The van der Waals surface area contributed by atoms with Gasteiger partial charge in [0.2, 0.25) is 5.91 Å². The fraction of sp³-hybridized carbons (Fsp3) is 0.429. The molecule has 0 unspecified atom stereocenters. The van der Waals surface area contributed by atoms with Gasteiger partial charge in [0.25, 0.3) is 0 Å². The second-order valence-corrected chi connectivity index (χ2v) is 5.36. The van der Waals surface area contributed by atoms with E-state index in [0.29, 0.717) is 18.5 Å². The summed E-state index contributed by atoms with van der Waals surface area (Å²) in [5.41, 5.74) is 0.299. The maximum absolute atomic E-state index is 12.9. The molecular formula is C14H15ClFNO3. The molecule has 6 heteroatoms. The summed E-state index contributed by atoms with van der Waals surface area (Å²) < 4.78 is 12.9. The van der Waals surface area contributed by atoms with E-state index in [-0.39, 0.29) is 10.9 Å². The zero-order valence-electron chi connectivity index (χ0n) is 10.7. The van der Waals surface area contributed by atoms with Crippen LogP contribution in [0.15, 0.2) is 18.2 Å². The second kappa shape index (κ2) is 6.22. The summed E-state index contributed by atoms with van der Waals surface area (Å²) in [7, 11) is 0. The van der Waals surface area contributed by atoms with Gasteiger partial charge in [-0.05, 0) is 31.0 Å². The van der Waals surface area contributed by atoms with E-state index in [1.165, 1.54) is 12.1 Å². The van der Waals surface area contributed by atoms with Crippen LogP contribution in [0.1, 0.15) is 25.7 Å². The number of anilines is 1. The number of carbonyl (C=O) groups excluding carboxylic acids is 1. The highest BCUT2D eigenvalue weighted by molar-refractivity contribution is 6.33. The Morgan fingerprint density at radius 1 is 1.25 bits per heavy atom. The number of hydrogen-bond acceptors (Lipinski definition) is 2. The molecule has 1 amide bonds. The Bertz CT molecular complexity index is 535. The van der Waals surface area contributed by atoms with Crippen LogP contribution in [0.5, 0.6) is 0 Å². The quantitative estimate of drug-likeness (QED) is 0.900. The van der Waals surface area contributed by atoms with Crippen molar-refractivity contribution in [2.75, 3.05) is 5.32 Å². The lowest BCUT2D eigenvalue weighted by atomic mass is 9.78. The fourth-order valence-electron chi connectivity index (χ4n) is 2.56. The number of benzene rings is 1. The third-order valence-electron chi connectivity index (χ3n) is 3.61. The average Bonchev–Trinajstić information content (AvgIpc) is 2.41. The van der Waals surface area contributed by atoms with E-state index in [1.54, 1.807) is 0 Å². The van der Waals surface area contributed by atoms with Crippen LogP contribution >= 0.6 is 11.6 Å². The molecule has 108 valence electrons. The van der Waals surface area contributed by atoms with Crippen LogP contribution in [0.25, 0.3) is 0 Å². The highest BCUT2D eigenvalue weighted by Crippen LogP contribution is 2.32. The Balaban J connectivity index is 2.12. The van der Waals surface area contributed by atoms with Gasteiger partial charge in [0.05, 0.1) is 22.5 Å². The lowest BCUT2D eigenvalue weighted by Gasteiger charge is -2.27. The molecule has 0 radical (unpaired) electrons. The number of carboxylic acid groups (broad SMARTS) is 1. The second-order valence-electron chi connectivity index (χ2n) is 4.95. The summed E-state index contributed by atoms with van der Waals surface area (Å²) in [6.45, 7) is 0. The van der Waals surface area contributed by atoms with Gasteiger partial charge >= 0.3 is 5.97 Å².